The summed E-state index contributed by atoms with van der Waals surface area (Å²) in [6.07, 6.45) is 3.51. The van der Waals surface area contributed by atoms with Crippen LogP contribution in [0, 0.1) is 13.8 Å². The maximum absolute atomic E-state index is 12.5. The predicted molar refractivity (Wildman–Crippen MR) is 76.5 cm³/mol. The fourth-order valence-corrected chi connectivity index (χ4v) is 2.45. The van der Waals surface area contributed by atoms with Gasteiger partial charge < -0.3 is 10.0 Å². The number of amides is 1. The molecule has 1 aromatic heterocycles. The Morgan fingerprint density at radius 2 is 2.16 bits per heavy atom. The number of carbonyl (C=O) groups is 1. The molecule has 0 unspecified atom stereocenters. The highest BCUT2D eigenvalue weighted by Gasteiger charge is 2.22. The van der Waals surface area contributed by atoms with Crippen LogP contribution in [-0.2, 0) is 0 Å². The summed E-state index contributed by atoms with van der Waals surface area (Å²) in [5.41, 5.74) is 1.17. The topological polar surface area (TPSA) is 66.3 Å². The lowest BCUT2D eigenvalue weighted by Crippen LogP contribution is -2.34. The minimum Gasteiger partial charge on any atom is -0.395 e. The van der Waals surface area contributed by atoms with Crippen molar-refractivity contribution in [3.8, 4) is 0 Å². The summed E-state index contributed by atoms with van der Waals surface area (Å²) in [4.78, 5) is 22.6. The number of carbonyl (C=O) groups excluding carboxylic acids is 1. The zero-order chi connectivity index (χ0) is 14.4. The highest BCUT2D eigenvalue weighted by molar-refractivity contribution is 7.98. The lowest BCUT2D eigenvalue weighted by Gasteiger charge is -2.21. The van der Waals surface area contributed by atoms with Crippen LogP contribution in [-0.4, -0.2) is 51.8 Å². The molecule has 0 atom stereocenters. The Morgan fingerprint density at radius 3 is 2.68 bits per heavy atom. The van der Waals surface area contributed by atoms with E-state index in [0.29, 0.717) is 28.7 Å². The molecule has 5 nitrogen and oxygen atoms in total. The monoisotopic (exact) mass is 281 g/mol. The molecule has 0 aliphatic heterocycles. The lowest BCUT2D eigenvalue weighted by molar-refractivity contribution is 0.0737. The molecule has 6 heteroatoms. The van der Waals surface area contributed by atoms with Crippen molar-refractivity contribution in [1.82, 2.24) is 14.9 Å². The largest absolute Gasteiger partial charge is 0.395 e. The fourth-order valence-electron chi connectivity index (χ4n) is 1.79. The van der Waals surface area contributed by atoms with Crippen molar-refractivity contribution in [1.29, 1.82) is 0 Å². The zero-order valence-electron chi connectivity index (χ0n) is 11.5. The van der Waals surface area contributed by atoms with E-state index in [-0.39, 0.29) is 19.1 Å². The summed E-state index contributed by atoms with van der Waals surface area (Å²) in [6, 6.07) is 0. The number of aliphatic hydroxyl groups is 1. The Labute approximate surface area is 117 Å². The minimum absolute atomic E-state index is 0.0834. The first-order valence-corrected chi connectivity index (χ1v) is 7.17. The third-order valence-corrected chi connectivity index (χ3v) is 3.26. The zero-order valence-corrected chi connectivity index (χ0v) is 12.3. The van der Waals surface area contributed by atoms with E-state index in [4.69, 9.17) is 5.11 Å². The van der Waals surface area contributed by atoms with Crippen LogP contribution in [0.5, 0.6) is 0 Å². The number of hydrogen-bond donors (Lipinski definition) is 1. The highest BCUT2D eigenvalue weighted by atomic mass is 32.2. The Bertz CT molecular complexity index is 477. The molecule has 0 saturated carbocycles. The predicted octanol–water partition coefficient (Wildman–Crippen LogP) is 1.44. The summed E-state index contributed by atoms with van der Waals surface area (Å²) in [5, 5.41) is 9.70. The standard InChI is InChI=1S/C13H19N3O2S/c1-5-6-16(7-8-17)13(18)11-9(2)14-10(3)15-12(11)19-4/h5,17H,1,6-8H2,2-4H3. The molecule has 0 aliphatic rings. The van der Waals surface area contributed by atoms with Gasteiger partial charge in [0.25, 0.3) is 5.91 Å². The fraction of sp³-hybridized carbons (Fsp3) is 0.462. The van der Waals surface area contributed by atoms with E-state index in [1.54, 1.807) is 19.9 Å². The van der Waals surface area contributed by atoms with Crippen molar-refractivity contribution in [2.45, 2.75) is 18.9 Å². The summed E-state index contributed by atoms with van der Waals surface area (Å²) in [5.74, 6) is 0.478. The van der Waals surface area contributed by atoms with Gasteiger partial charge >= 0.3 is 0 Å². The summed E-state index contributed by atoms with van der Waals surface area (Å²) in [6.45, 7) is 7.80. The van der Waals surface area contributed by atoms with E-state index in [2.05, 4.69) is 16.5 Å². The number of hydrogen-bond acceptors (Lipinski definition) is 5. The third-order valence-electron chi connectivity index (χ3n) is 2.58. The van der Waals surface area contributed by atoms with Gasteiger partial charge in [0, 0.05) is 13.1 Å². The third kappa shape index (κ3) is 3.78. The second kappa shape index (κ2) is 7.25. The molecule has 1 N–H and O–H groups in total. The van der Waals surface area contributed by atoms with Crippen LogP contribution in [0.25, 0.3) is 0 Å². The van der Waals surface area contributed by atoms with Gasteiger partial charge in [0.05, 0.1) is 17.9 Å². The van der Waals surface area contributed by atoms with Crippen LogP contribution < -0.4 is 0 Å². The minimum atomic E-state index is -0.171. The molecule has 0 aliphatic carbocycles. The molecule has 1 heterocycles. The molecule has 0 saturated heterocycles. The van der Waals surface area contributed by atoms with Crippen molar-refractivity contribution in [2.24, 2.45) is 0 Å². The Balaban J connectivity index is 3.19. The number of thioether (sulfide) groups is 1. The summed E-state index contributed by atoms with van der Waals surface area (Å²) < 4.78 is 0. The van der Waals surface area contributed by atoms with E-state index < -0.39 is 0 Å². The van der Waals surface area contributed by atoms with Crippen LogP contribution in [0.1, 0.15) is 21.9 Å². The molecular formula is C13H19N3O2S. The molecule has 104 valence electrons. The van der Waals surface area contributed by atoms with E-state index in [1.165, 1.54) is 16.7 Å². The number of aromatic nitrogens is 2. The normalized spacial score (nSPS) is 10.3. The molecule has 1 amide bonds. The van der Waals surface area contributed by atoms with Gasteiger partial charge in [0.2, 0.25) is 0 Å². The Kier molecular flexibility index (Phi) is 5.98. The van der Waals surface area contributed by atoms with Crippen LogP contribution in [0.4, 0.5) is 0 Å². The van der Waals surface area contributed by atoms with Crippen molar-refractivity contribution < 1.29 is 9.90 Å². The number of aliphatic hydroxyl groups excluding tert-OH is 1. The average Bonchev–Trinajstić information content (AvgIpc) is 2.36. The van der Waals surface area contributed by atoms with Crippen molar-refractivity contribution in [3.05, 3.63) is 29.7 Å². The lowest BCUT2D eigenvalue weighted by atomic mass is 10.2. The van der Waals surface area contributed by atoms with Crippen LogP contribution >= 0.6 is 11.8 Å². The van der Waals surface area contributed by atoms with Gasteiger partial charge in [-0.1, -0.05) is 6.08 Å². The first-order valence-electron chi connectivity index (χ1n) is 5.95. The first kappa shape index (κ1) is 15.7. The van der Waals surface area contributed by atoms with Crippen molar-refractivity contribution >= 4 is 17.7 Å². The van der Waals surface area contributed by atoms with Crippen LogP contribution in [0.15, 0.2) is 17.7 Å². The van der Waals surface area contributed by atoms with Gasteiger partial charge in [-0.15, -0.1) is 18.3 Å². The van der Waals surface area contributed by atoms with E-state index in [0.717, 1.165) is 0 Å². The van der Waals surface area contributed by atoms with Gasteiger partial charge in [-0.3, -0.25) is 4.79 Å². The molecule has 0 bridgehead atoms. The van der Waals surface area contributed by atoms with E-state index in [1.807, 2.05) is 6.26 Å². The van der Waals surface area contributed by atoms with Crippen LogP contribution in [0.3, 0.4) is 0 Å². The maximum atomic E-state index is 12.5. The molecule has 1 rings (SSSR count). The molecule has 0 spiro atoms. The number of aryl methyl sites for hydroxylation is 2. The highest BCUT2D eigenvalue weighted by Crippen LogP contribution is 2.22. The number of nitrogens with zero attached hydrogens (tertiary/aromatic N) is 3. The smallest absolute Gasteiger partial charge is 0.258 e. The molecule has 19 heavy (non-hydrogen) atoms. The van der Waals surface area contributed by atoms with Crippen molar-refractivity contribution in [2.75, 3.05) is 26.0 Å². The number of rotatable bonds is 6. The molecule has 0 radical (unpaired) electrons. The molecule has 0 fully saturated rings. The van der Waals surface area contributed by atoms with Crippen LogP contribution in [0.2, 0.25) is 0 Å². The summed E-state index contributed by atoms with van der Waals surface area (Å²) in [7, 11) is 0. The quantitative estimate of drug-likeness (QED) is 0.485. The second-order valence-electron chi connectivity index (χ2n) is 4.00. The Hall–Kier alpha value is -1.40. The van der Waals surface area contributed by atoms with E-state index in [9.17, 15) is 4.79 Å². The Morgan fingerprint density at radius 1 is 1.47 bits per heavy atom. The second-order valence-corrected chi connectivity index (χ2v) is 4.80. The molecular weight excluding hydrogens is 262 g/mol. The van der Waals surface area contributed by atoms with Gasteiger partial charge in [0.15, 0.2) is 0 Å². The first-order chi connectivity index (χ1) is 9.04. The van der Waals surface area contributed by atoms with Gasteiger partial charge in [-0.05, 0) is 20.1 Å². The average molecular weight is 281 g/mol. The molecule has 0 aromatic carbocycles. The van der Waals surface area contributed by atoms with Gasteiger partial charge in [-0.2, -0.15) is 0 Å². The molecule has 1 aromatic rings. The van der Waals surface area contributed by atoms with Gasteiger partial charge in [-0.25, -0.2) is 9.97 Å². The maximum Gasteiger partial charge on any atom is 0.258 e. The van der Waals surface area contributed by atoms with E-state index >= 15 is 0 Å². The van der Waals surface area contributed by atoms with Gasteiger partial charge in [0.1, 0.15) is 10.9 Å². The summed E-state index contributed by atoms with van der Waals surface area (Å²) >= 11 is 1.42. The van der Waals surface area contributed by atoms with Crippen molar-refractivity contribution in [3.63, 3.8) is 0 Å². The SMILES string of the molecule is C=CCN(CCO)C(=O)c1c(C)nc(C)nc1SC.